The van der Waals surface area contributed by atoms with Crippen LogP contribution in [0, 0.1) is 6.92 Å². The second kappa shape index (κ2) is 5.98. The number of phenolic OH excluding ortho intramolecular Hbond substituents is 1. The second-order valence-electron chi connectivity index (χ2n) is 6.20. The number of fused-ring (bicyclic) bond motifs is 1. The van der Waals surface area contributed by atoms with Crippen LogP contribution in [0.1, 0.15) is 27.7 Å². The van der Waals surface area contributed by atoms with Crippen LogP contribution in [-0.2, 0) is 0 Å². The number of nitrogens with zero attached hydrogens (tertiary/aromatic N) is 1. The lowest BCUT2D eigenvalue weighted by Crippen LogP contribution is -2.43. The molecule has 0 saturated heterocycles. The summed E-state index contributed by atoms with van der Waals surface area (Å²) < 4.78 is 0. The van der Waals surface area contributed by atoms with Crippen LogP contribution >= 0.6 is 0 Å². The molecule has 0 radical (unpaired) electrons. The van der Waals surface area contributed by atoms with E-state index in [-0.39, 0.29) is 17.8 Å². The molecule has 4 heteroatoms. The Kier molecular flexibility index (Phi) is 3.65. The molecule has 0 bridgehead atoms. The maximum absolute atomic E-state index is 13.2. The molecule has 0 spiro atoms. The van der Waals surface area contributed by atoms with Gasteiger partial charge in [-0.25, -0.2) is 0 Å². The first kappa shape index (κ1) is 15.3. The molecular weight excluding hydrogens is 312 g/mol. The van der Waals surface area contributed by atoms with Crippen LogP contribution in [0.15, 0.2) is 72.8 Å². The third-order valence-corrected chi connectivity index (χ3v) is 4.42. The van der Waals surface area contributed by atoms with Crippen LogP contribution in [0.3, 0.4) is 0 Å². The number of hydrogen-bond acceptors (Lipinski definition) is 3. The van der Waals surface area contributed by atoms with Crippen molar-refractivity contribution >= 4 is 17.3 Å². The van der Waals surface area contributed by atoms with E-state index in [0.29, 0.717) is 5.56 Å². The van der Waals surface area contributed by atoms with Crippen molar-refractivity contribution in [2.24, 2.45) is 0 Å². The summed E-state index contributed by atoms with van der Waals surface area (Å²) in [6, 6.07) is 22.4. The Bertz CT molecular complexity index is 935. The molecule has 3 aromatic carbocycles. The molecule has 25 heavy (non-hydrogen) atoms. The predicted octanol–water partition coefficient (Wildman–Crippen LogP) is 4.47. The molecule has 1 amide bonds. The number of hydrogen-bond donors (Lipinski definition) is 2. The Morgan fingerprint density at radius 3 is 2.48 bits per heavy atom. The SMILES string of the molecule is Cc1cccc(N2C(=O)c3ccccc3N[C@H]2c2ccc(O)cc2)c1. The number of amides is 1. The van der Waals surface area contributed by atoms with E-state index in [0.717, 1.165) is 22.5 Å². The van der Waals surface area contributed by atoms with E-state index < -0.39 is 0 Å². The van der Waals surface area contributed by atoms with E-state index in [1.54, 1.807) is 17.0 Å². The Labute approximate surface area is 146 Å². The average Bonchev–Trinajstić information content (AvgIpc) is 2.62. The quantitative estimate of drug-likeness (QED) is 0.729. The van der Waals surface area contributed by atoms with Gasteiger partial charge in [0.1, 0.15) is 11.9 Å². The smallest absolute Gasteiger partial charge is 0.262 e. The van der Waals surface area contributed by atoms with Gasteiger partial charge in [-0.05, 0) is 54.4 Å². The first-order chi connectivity index (χ1) is 12.1. The van der Waals surface area contributed by atoms with Gasteiger partial charge in [-0.3, -0.25) is 9.69 Å². The van der Waals surface area contributed by atoms with Gasteiger partial charge in [-0.1, -0.05) is 36.4 Å². The molecule has 0 unspecified atom stereocenters. The van der Waals surface area contributed by atoms with E-state index in [4.69, 9.17) is 0 Å². The van der Waals surface area contributed by atoms with Gasteiger partial charge >= 0.3 is 0 Å². The first-order valence-corrected chi connectivity index (χ1v) is 8.18. The number of para-hydroxylation sites is 1. The van der Waals surface area contributed by atoms with Gasteiger partial charge in [0, 0.05) is 11.4 Å². The van der Waals surface area contributed by atoms with Gasteiger partial charge in [0.15, 0.2) is 0 Å². The van der Waals surface area contributed by atoms with Crippen LogP contribution < -0.4 is 10.2 Å². The minimum atomic E-state index is -0.343. The highest BCUT2D eigenvalue weighted by atomic mass is 16.3. The monoisotopic (exact) mass is 330 g/mol. The maximum atomic E-state index is 13.2. The lowest BCUT2D eigenvalue weighted by atomic mass is 10.0. The van der Waals surface area contributed by atoms with Crippen LogP contribution in [0.2, 0.25) is 0 Å². The Hall–Kier alpha value is -3.27. The Morgan fingerprint density at radius 1 is 0.960 bits per heavy atom. The maximum Gasteiger partial charge on any atom is 0.262 e. The molecule has 1 aliphatic heterocycles. The third kappa shape index (κ3) is 2.72. The number of benzene rings is 3. The Morgan fingerprint density at radius 2 is 1.72 bits per heavy atom. The summed E-state index contributed by atoms with van der Waals surface area (Å²) in [5.74, 6) is 0.159. The second-order valence-corrected chi connectivity index (χ2v) is 6.20. The van der Waals surface area contributed by atoms with Gasteiger partial charge in [-0.2, -0.15) is 0 Å². The van der Waals surface area contributed by atoms with Crippen molar-refractivity contribution < 1.29 is 9.90 Å². The molecule has 4 nitrogen and oxygen atoms in total. The number of rotatable bonds is 2. The highest BCUT2D eigenvalue weighted by molar-refractivity contribution is 6.12. The fourth-order valence-electron chi connectivity index (χ4n) is 3.19. The van der Waals surface area contributed by atoms with Crippen molar-refractivity contribution in [2.75, 3.05) is 10.2 Å². The number of aromatic hydroxyl groups is 1. The molecule has 3 aromatic rings. The molecule has 4 rings (SSSR count). The van der Waals surface area contributed by atoms with E-state index in [9.17, 15) is 9.90 Å². The van der Waals surface area contributed by atoms with Crippen molar-refractivity contribution in [3.8, 4) is 5.75 Å². The zero-order valence-electron chi connectivity index (χ0n) is 13.8. The van der Waals surface area contributed by atoms with Crippen LogP contribution in [-0.4, -0.2) is 11.0 Å². The van der Waals surface area contributed by atoms with Crippen molar-refractivity contribution in [2.45, 2.75) is 13.1 Å². The van der Waals surface area contributed by atoms with Crippen molar-refractivity contribution in [1.82, 2.24) is 0 Å². The number of carbonyl (C=O) groups is 1. The normalized spacial score (nSPS) is 16.3. The molecule has 2 N–H and O–H groups in total. The van der Waals surface area contributed by atoms with Gasteiger partial charge in [-0.15, -0.1) is 0 Å². The summed E-state index contributed by atoms with van der Waals surface area (Å²) in [6.45, 7) is 2.01. The summed E-state index contributed by atoms with van der Waals surface area (Å²) >= 11 is 0. The average molecular weight is 330 g/mol. The zero-order chi connectivity index (χ0) is 17.4. The first-order valence-electron chi connectivity index (χ1n) is 8.18. The molecular formula is C21H18N2O2. The molecule has 0 aromatic heterocycles. The molecule has 0 saturated carbocycles. The zero-order valence-corrected chi connectivity index (χ0v) is 13.8. The van der Waals surface area contributed by atoms with Gasteiger partial charge in [0.25, 0.3) is 5.91 Å². The lowest BCUT2D eigenvalue weighted by Gasteiger charge is -2.38. The highest BCUT2D eigenvalue weighted by Crippen LogP contribution is 2.37. The number of nitrogens with one attached hydrogen (secondary N) is 1. The van der Waals surface area contributed by atoms with Gasteiger partial charge in [0.2, 0.25) is 0 Å². The minimum absolute atomic E-state index is 0.0435. The minimum Gasteiger partial charge on any atom is -0.508 e. The summed E-state index contributed by atoms with van der Waals surface area (Å²) in [5.41, 5.74) is 4.30. The van der Waals surface area contributed by atoms with E-state index >= 15 is 0 Å². The van der Waals surface area contributed by atoms with Crippen molar-refractivity contribution in [3.05, 3.63) is 89.5 Å². The largest absolute Gasteiger partial charge is 0.508 e. The molecule has 0 fully saturated rings. The highest BCUT2D eigenvalue weighted by Gasteiger charge is 2.33. The van der Waals surface area contributed by atoms with Crippen LogP contribution in [0.4, 0.5) is 11.4 Å². The molecule has 1 aliphatic rings. The summed E-state index contributed by atoms with van der Waals surface area (Å²) in [7, 11) is 0. The fraction of sp³-hybridized carbons (Fsp3) is 0.0952. The standard InChI is InChI=1S/C21H18N2O2/c1-14-5-4-6-16(13-14)23-20(15-9-11-17(24)12-10-15)22-19-8-3-2-7-18(19)21(23)25/h2-13,20,22,24H,1H3/t20-/m1/s1. The number of carbonyl (C=O) groups excluding carboxylic acids is 1. The third-order valence-electron chi connectivity index (χ3n) is 4.42. The van der Waals surface area contributed by atoms with Crippen LogP contribution in [0.5, 0.6) is 5.75 Å². The Balaban J connectivity index is 1.87. The van der Waals surface area contributed by atoms with Crippen molar-refractivity contribution in [3.63, 3.8) is 0 Å². The van der Waals surface area contributed by atoms with Crippen molar-refractivity contribution in [1.29, 1.82) is 0 Å². The van der Waals surface area contributed by atoms with Gasteiger partial charge in [0.05, 0.1) is 5.56 Å². The molecule has 0 aliphatic carbocycles. The summed E-state index contributed by atoms with van der Waals surface area (Å²) in [4.78, 5) is 15.0. The fourth-order valence-corrected chi connectivity index (χ4v) is 3.19. The summed E-state index contributed by atoms with van der Waals surface area (Å²) in [6.07, 6.45) is -0.343. The van der Waals surface area contributed by atoms with E-state index in [2.05, 4.69) is 5.32 Å². The van der Waals surface area contributed by atoms with Crippen LogP contribution in [0.25, 0.3) is 0 Å². The molecule has 1 heterocycles. The topological polar surface area (TPSA) is 52.6 Å². The van der Waals surface area contributed by atoms with E-state index in [1.165, 1.54) is 0 Å². The lowest BCUT2D eigenvalue weighted by molar-refractivity contribution is 0.0975. The predicted molar refractivity (Wildman–Crippen MR) is 98.9 cm³/mol. The van der Waals surface area contributed by atoms with Gasteiger partial charge < -0.3 is 10.4 Å². The van der Waals surface area contributed by atoms with E-state index in [1.807, 2.05) is 67.6 Å². The summed E-state index contributed by atoms with van der Waals surface area (Å²) in [5, 5.41) is 13.0. The molecule has 124 valence electrons. The molecule has 1 atom stereocenters. The number of aryl methyl sites for hydroxylation is 1. The number of phenols is 1. The number of anilines is 2.